The third kappa shape index (κ3) is 4.87. The molecule has 7 nitrogen and oxygen atoms in total. The highest BCUT2D eigenvalue weighted by atomic mass is 16.2. The number of carbonyl (C=O) groups is 1. The Labute approximate surface area is 159 Å². The van der Waals surface area contributed by atoms with Crippen molar-refractivity contribution < 1.29 is 4.79 Å². The molecule has 0 aliphatic carbocycles. The minimum absolute atomic E-state index is 0.0677. The summed E-state index contributed by atoms with van der Waals surface area (Å²) in [5.41, 5.74) is 1.93. The van der Waals surface area contributed by atoms with Crippen molar-refractivity contribution >= 4 is 17.4 Å². The lowest BCUT2D eigenvalue weighted by molar-refractivity contribution is 0.0761. The van der Waals surface area contributed by atoms with Gasteiger partial charge in [0.2, 0.25) is 5.56 Å². The van der Waals surface area contributed by atoms with Crippen molar-refractivity contribution in [2.45, 2.75) is 32.2 Å². The average Bonchev–Trinajstić information content (AvgIpc) is 2.86. The number of aromatic amines is 1. The van der Waals surface area contributed by atoms with Gasteiger partial charge in [-0.1, -0.05) is 0 Å². The van der Waals surface area contributed by atoms with Gasteiger partial charge in [0.25, 0.3) is 5.91 Å². The second-order valence-corrected chi connectivity index (χ2v) is 7.28. The summed E-state index contributed by atoms with van der Waals surface area (Å²) >= 11 is 0. The zero-order chi connectivity index (χ0) is 19.4. The molecule has 1 aliphatic rings. The quantitative estimate of drug-likeness (QED) is 0.864. The molecule has 0 unspecified atom stereocenters. The van der Waals surface area contributed by atoms with Gasteiger partial charge in [0.05, 0.1) is 11.9 Å². The first-order chi connectivity index (χ1) is 12.9. The number of likely N-dealkylation sites (tertiary alicyclic amines) is 1. The number of aromatic nitrogens is 2. The first-order valence-corrected chi connectivity index (χ1v) is 9.32. The summed E-state index contributed by atoms with van der Waals surface area (Å²) in [6.07, 6.45) is 4.63. The predicted molar refractivity (Wildman–Crippen MR) is 108 cm³/mol. The molecule has 0 bridgehead atoms. The van der Waals surface area contributed by atoms with Gasteiger partial charge in [0, 0.05) is 50.6 Å². The number of amides is 1. The number of anilines is 2. The minimum atomic E-state index is -0.235. The van der Waals surface area contributed by atoms with Crippen molar-refractivity contribution in [3.05, 3.63) is 52.1 Å². The maximum Gasteiger partial charge on any atom is 0.254 e. The number of pyridine rings is 2. The number of rotatable bonds is 4. The number of aryl methyl sites for hydroxylation is 1. The maximum absolute atomic E-state index is 12.8. The van der Waals surface area contributed by atoms with Crippen LogP contribution in [0.2, 0.25) is 0 Å². The minimum Gasteiger partial charge on any atom is -0.381 e. The Kier molecular flexibility index (Phi) is 5.78. The summed E-state index contributed by atoms with van der Waals surface area (Å²) in [6, 6.07) is 7.45. The van der Waals surface area contributed by atoms with Crippen LogP contribution in [0.3, 0.4) is 0 Å². The number of hydrogen-bond acceptors (Lipinski definition) is 5. The third-order valence-electron chi connectivity index (χ3n) is 4.82. The van der Waals surface area contributed by atoms with Crippen LogP contribution >= 0.6 is 0 Å². The van der Waals surface area contributed by atoms with E-state index in [0.29, 0.717) is 30.4 Å². The van der Waals surface area contributed by atoms with E-state index in [9.17, 15) is 9.59 Å². The van der Waals surface area contributed by atoms with E-state index in [4.69, 9.17) is 0 Å². The average molecular weight is 369 g/mol. The van der Waals surface area contributed by atoms with Crippen molar-refractivity contribution in [1.29, 1.82) is 0 Å². The molecule has 7 heteroatoms. The van der Waals surface area contributed by atoms with Crippen LogP contribution in [0.25, 0.3) is 0 Å². The molecular formula is C20H27N5O2. The third-order valence-corrected chi connectivity index (χ3v) is 4.82. The van der Waals surface area contributed by atoms with Gasteiger partial charge in [-0.15, -0.1) is 0 Å². The number of carbonyl (C=O) groups excluding carboxylic acids is 1. The number of nitrogens with zero attached hydrogens (tertiary/aromatic N) is 3. The van der Waals surface area contributed by atoms with E-state index < -0.39 is 0 Å². The maximum atomic E-state index is 12.8. The lowest BCUT2D eigenvalue weighted by atomic mass is 10.1. The van der Waals surface area contributed by atoms with Crippen molar-refractivity contribution in [3.8, 4) is 0 Å². The van der Waals surface area contributed by atoms with Gasteiger partial charge in [-0.05, 0) is 44.4 Å². The van der Waals surface area contributed by atoms with Crippen LogP contribution in [-0.2, 0) is 0 Å². The van der Waals surface area contributed by atoms with Crippen LogP contribution in [0, 0.1) is 6.92 Å². The molecule has 0 aromatic carbocycles. The standard InChI is InChI=1S/C20H27N5O2/c1-14-11-15(12-19(26)22-14)20(27)25-9-4-5-16(8-10-25)23-17-6-7-18(21-13-17)24(2)3/h6-7,11-13,16,23H,4-5,8-10H2,1-3H3,(H,22,26)/t16-/m1/s1. The molecule has 1 saturated heterocycles. The lowest BCUT2D eigenvalue weighted by Crippen LogP contribution is -2.33. The zero-order valence-electron chi connectivity index (χ0n) is 16.2. The Morgan fingerprint density at radius 1 is 1.26 bits per heavy atom. The Bertz CT molecular complexity index is 844. The van der Waals surface area contributed by atoms with Crippen molar-refractivity contribution in [2.24, 2.45) is 0 Å². The summed E-state index contributed by atoms with van der Waals surface area (Å²) in [7, 11) is 3.93. The topological polar surface area (TPSA) is 81.3 Å². The van der Waals surface area contributed by atoms with Gasteiger partial charge in [-0.3, -0.25) is 9.59 Å². The van der Waals surface area contributed by atoms with Gasteiger partial charge in [-0.25, -0.2) is 4.98 Å². The van der Waals surface area contributed by atoms with Crippen LogP contribution in [0.4, 0.5) is 11.5 Å². The van der Waals surface area contributed by atoms with Crippen molar-refractivity contribution in [2.75, 3.05) is 37.4 Å². The van der Waals surface area contributed by atoms with Gasteiger partial charge in [-0.2, -0.15) is 0 Å². The largest absolute Gasteiger partial charge is 0.381 e. The van der Waals surface area contributed by atoms with Crippen LogP contribution in [0.15, 0.2) is 35.3 Å². The molecule has 144 valence electrons. The molecule has 3 rings (SSSR count). The number of nitrogens with one attached hydrogen (secondary N) is 2. The molecular weight excluding hydrogens is 342 g/mol. The van der Waals surface area contributed by atoms with Crippen molar-refractivity contribution in [1.82, 2.24) is 14.9 Å². The molecule has 2 aromatic rings. The summed E-state index contributed by atoms with van der Waals surface area (Å²) in [4.78, 5) is 35.3. The van der Waals surface area contributed by atoms with E-state index in [1.54, 1.807) is 13.0 Å². The summed E-state index contributed by atoms with van der Waals surface area (Å²) in [5, 5.41) is 3.53. The summed E-state index contributed by atoms with van der Waals surface area (Å²) in [6.45, 7) is 3.17. The molecule has 1 fully saturated rings. The molecule has 1 aliphatic heterocycles. The molecule has 27 heavy (non-hydrogen) atoms. The fraction of sp³-hybridized carbons (Fsp3) is 0.450. The Morgan fingerprint density at radius 2 is 2.07 bits per heavy atom. The Hall–Kier alpha value is -2.83. The van der Waals surface area contributed by atoms with Gasteiger partial charge < -0.3 is 20.1 Å². The van der Waals surface area contributed by atoms with Gasteiger partial charge >= 0.3 is 0 Å². The van der Waals surface area contributed by atoms with E-state index in [-0.39, 0.29) is 11.5 Å². The highest BCUT2D eigenvalue weighted by Crippen LogP contribution is 2.19. The fourth-order valence-electron chi connectivity index (χ4n) is 3.40. The lowest BCUT2D eigenvalue weighted by Gasteiger charge is -2.21. The van der Waals surface area contributed by atoms with Crippen LogP contribution in [-0.4, -0.2) is 54.0 Å². The SMILES string of the molecule is Cc1cc(C(=O)N2CCC[C@@H](Nc3ccc(N(C)C)nc3)CC2)cc(=O)[nH]1. The van der Waals surface area contributed by atoms with Crippen LogP contribution in [0.5, 0.6) is 0 Å². The number of H-pyrrole nitrogens is 1. The van der Waals surface area contributed by atoms with Gasteiger partial charge in [0.1, 0.15) is 5.82 Å². The van der Waals surface area contributed by atoms with Crippen LogP contribution in [0.1, 0.15) is 35.3 Å². The highest BCUT2D eigenvalue weighted by Gasteiger charge is 2.22. The van der Waals surface area contributed by atoms with E-state index in [1.165, 1.54) is 6.07 Å². The monoisotopic (exact) mass is 369 g/mol. The molecule has 0 saturated carbocycles. The van der Waals surface area contributed by atoms with E-state index >= 15 is 0 Å². The van der Waals surface area contributed by atoms with Crippen LogP contribution < -0.4 is 15.8 Å². The van der Waals surface area contributed by atoms with Crippen molar-refractivity contribution in [3.63, 3.8) is 0 Å². The molecule has 0 spiro atoms. The Morgan fingerprint density at radius 3 is 2.74 bits per heavy atom. The second kappa shape index (κ2) is 8.24. The number of hydrogen-bond donors (Lipinski definition) is 2. The normalized spacial score (nSPS) is 17.3. The fourth-order valence-corrected chi connectivity index (χ4v) is 3.40. The molecule has 2 aromatic heterocycles. The first-order valence-electron chi connectivity index (χ1n) is 9.32. The molecule has 0 radical (unpaired) electrons. The molecule has 1 amide bonds. The molecule has 3 heterocycles. The first kappa shape index (κ1) is 18.9. The highest BCUT2D eigenvalue weighted by molar-refractivity contribution is 5.94. The molecule has 2 N–H and O–H groups in total. The van der Waals surface area contributed by atoms with E-state index in [1.807, 2.05) is 42.2 Å². The Balaban J connectivity index is 1.61. The molecule has 1 atom stereocenters. The van der Waals surface area contributed by atoms with E-state index in [2.05, 4.69) is 15.3 Å². The van der Waals surface area contributed by atoms with Gasteiger partial charge in [0.15, 0.2) is 0 Å². The summed E-state index contributed by atoms with van der Waals surface area (Å²) in [5.74, 6) is 0.855. The summed E-state index contributed by atoms with van der Waals surface area (Å²) < 4.78 is 0. The second-order valence-electron chi connectivity index (χ2n) is 7.28. The predicted octanol–water partition coefficient (Wildman–Crippen LogP) is 2.25. The van der Waals surface area contributed by atoms with E-state index in [0.717, 1.165) is 30.8 Å². The smallest absolute Gasteiger partial charge is 0.254 e. The zero-order valence-corrected chi connectivity index (χ0v) is 16.2.